The van der Waals surface area contributed by atoms with Gasteiger partial charge in [0.05, 0.1) is 11.1 Å². The van der Waals surface area contributed by atoms with Gasteiger partial charge in [0, 0.05) is 11.9 Å². The largest absolute Gasteiger partial charge is 0.478 e. The fraction of sp³-hybridized carbons (Fsp3) is 0.182. The van der Waals surface area contributed by atoms with Crippen molar-refractivity contribution in [1.82, 2.24) is 9.97 Å². The van der Waals surface area contributed by atoms with Gasteiger partial charge in [-0.2, -0.15) is 0 Å². The number of aryl methyl sites for hydroxylation is 1. The van der Waals surface area contributed by atoms with Crippen LogP contribution in [0, 0.1) is 13.8 Å². The number of carboxylic acids is 1. The average molecular weight is 202 g/mol. The Morgan fingerprint density at radius 3 is 2.80 bits per heavy atom. The smallest absolute Gasteiger partial charge is 0.338 e. The molecule has 2 heterocycles. The van der Waals surface area contributed by atoms with Gasteiger partial charge in [-0.15, -0.1) is 0 Å². The molecule has 0 radical (unpaired) electrons. The van der Waals surface area contributed by atoms with Gasteiger partial charge in [0.2, 0.25) is 0 Å². The number of aromatic carboxylic acids is 1. The number of carbonyl (C=O) groups is 1. The molecule has 1 N–H and O–H groups in total. The van der Waals surface area contributed by atoms with Crippen LogP contribution in [0.4, 0.5) is 0 Å². The molecule has 0 aliphatic heterocycles. The van der Waals surface area contributed by atoms with Crippen LogP contribution in [-0.2, 0) is 0 Å². The maximum Gasteiger partial charge on any atom is 0.338 e. The fourth-order valence-corrected chi connectivity index (χ4v) is 1.56. The molecule has 2 rings (SSSR count). The molecule has 0 aromatic carbocycles. The second-order valence-corrected chi connectivity index (χ2v) is 3.37. The third-order valence-corrected chi connectivity index (χ3v) is 2.44. The maximum absolute atomic E-state index is 11.1. The minimum atomic E-state index is -0.957. The van der Waals surface area contributed by atoms with Crippen LogP contribution in [0.2, 0.25) is 0 Å². The molecule has 0 spiro atoms. The van der Waals surface area contributed by atoms with Crippen molar-refractivity contribution >= 4 is 17.0 Å². The SMILES string of the molecule is Cc1nc2cccnc2c(C(=O)O)c1C. The summed E-state index contributed by atoms with van der Waals surface area (Å²) in [6.07, 6.45) is 1.57. The number of pyridine rings is 2. The van der Waals surface area contributed by atoms with Crippen molar-refractivity contribution in [3.8, 4) is 0 Å². The lowest BCUT2D eigenvalue weighted by molar-refractivity contribution is 0.0698. The Morgan fingerprint density at radius 2 is 2.13 bits per heavy atom. The molecule has 0 saturated heterocycles. The maximum atomic E-state index is 11.1. The summed E-state index contributed by atoms with van der Waals surface area (Å²) in [7, 11) is 0. The van der Waals surface area contributed by atoms with Gasteiger partial charge in [-0.05, 0) is 31.5 Å². The van der Waals surface area contributed by atoms with Crippen LogP contribution >= 0.6 is 0 Å². The Hall–Kier alpha value is -1.97. The first-order chi connectivity index (χ1) is 7.11. The minimum Gasteiger partial charge on any atom is -0.478 e. The molecule has 76 valence electrons. The second-order valence-electron chi connectivity index (χ2n) is 3.37. The topological polar surface area (TPSA) is 63.1 Å². The minimum absolute atomic E-state index is 0.248. The highest BCUT2D eigenvalue weighted by Crippen LogP contribution is 2.20. The highest BCUT2D eigenvalue weighted by atomic mass is 16.4. The van der Waals surface area contributed by atoms with Gasteiger partial charge in [0.15, 0.2) is 0 Å². The highest BCUT2D eigenvalue weighted by Gasteiger charge is 2.15. The van der Waals surface area contributed by atoms with Crippen molar-refractivity contribution in [2.24, 2.45) is 0 Å². The number of rotatable bonds is 1. The van der Waals surface area contributed by atoms with E-state index >= 15 is 0 Å². The molecule has 0 unspecified atom stereocenters. The van der Waals surface area contributed by atoms with E-state index in [-0.39, 0.29) is 5.56 Å². The molecule has 15 heavy (non-hydrogen) atoms. The monoisotopic (exact) mass is 202 g/mol. The average Bonchev–Trinajstić information content (AvgIpc) is 2.19. The molecule has 4 heteroatoms. The number of fused-ring (bicyclic) bond motifs is 1. The van der Waals surface area contributed by atoms with Gasteiger partial charge in [0.1, 0.15) is 5.52 Å². The first kappa shape index (κ1) is 9.58. The van der Waals surface area contributed by atoms with Crippen LogP contribution < -0.4 is 0 Å². The van der Waals surface area contributed by atoms with Crippen LogP contribution in [0.15, 0.2) is 18.3 Å². The zero-order valence-corrected chi connectivity index (χ0v) is 8.48. The van der Waals surface area contributed by atoms with Gasteiger partial charge in [0.25, 0.3) is 0 Å². The summed E-state index contributed by atoms with van der Waals surface area (Å²) in [5, 5.41) is 9.12. The van der Waals surface area contributed by atoms with E-state index in [9.17, 15) is 4.79 Å². The third-order valence-electron chi connectivity index (χ3n) is 2.44. The summed E-state index contributed by atoms with van der Waals surface area (Å²) >= 11 is 0. The Labute approximate surface area is 86.6 Å². The Balaban J connectivity index is 2.95. The van der Waals surface area contributed by atoms with E-state index in [0.29, 0.717) is 16.6 Å². The van der Waals surface area contributed by atoms with Crippen LogP contribution in [0.3, 0.4) is 0 Å². The predicted molar refractivity (Wildman–Crippen MR) is 56.0 cm³/mol. The van der Waals surface area contributed by atoms with Gasteiger partial charge < -0.3 is 5.11 Å². The van der Waals surface area contributed by atoms with Crippen molar-refractivity contribution in [3.05, 3.63) is 35.2 Å². The number of carboxylic acid groups (broad SMARTS) is 1. The molecule has 4 nitrogen and oxygen atoms in total. The Morgan fingerprint density at radius 1 is 1.40 bits per heavy atom. The molecule has 0 saturated carbocycles. The van der Waals surface area contributed by atoms with E-state index in [1.165, 1.54) is 0 Å². The summed E-state index contributed by atoms with van der Waals surface area (Å²) in [5.74, 6) is -0.957. The molecule has 2 aromatic rings. The second kappa shape index (κ2) is 3.31. The molecule has 0 aliphatic carbocycles. The van der Waals surface area contributed by atoms with Crippen LogP contribution in [0.1, 0.15) is 21.6 Å². The normalized spacial score (nSPS) is 10.5. The lowest BCUT2D eigenvalue weighted by Crippen LogP contribution is -2.05. The van der Waals surface area contributed by atoms with Gasteiger partial charge in [-0.1, -0.05) is 0 Å². The van der Waals surface area contributed by atoms with Crippen LogP contribution in [0.25, 0.3) is 11.0 Å². The van der Waals surface area contributed by atoms with Gasteiger partial charge >= 0.3 is 5.97 Å². The molecular formula is C11H10N2O2. The van der Waals surface area contributed by atoms with Crippen LogP contribution in [-0.4, -0.2) is 21.0 Å². The number of aromatic nitrogens is 2. The lowest BCUT2D eigenvalue weighted by Gasteiger charge is -2.07. The van der Waals surface area contributed by atoms with E-state index < -0.39 is 5.97 Å². The Kier molecular flexibility index (Phi) is 2.11. The van der Waals surface area contributed by atoms with E-state index in [1.54, 1.807) is 32.2 Å². The summed E-state index contributed by atoms with van der Waals surface area (Å²) in [6, 6.07) is 3.51. The van der Waals surface area contributed by atoms with Crippen molar-refractivity contribution in [2.45, 2.75) is 13.8 Å². The summed E-state index contributed by atoms with van der Waals surface area (Å²) < 4.78 is 0. The quantitative estimate of drug-likeness (QED) is 0.767. The van der Waals surface area contributed by atoms with E-state index in [4.69, 9.17) is 5.11 Å². The van der Waals surface area contributed by atoms with Crippen LogP contribution in [0.5, 0.6) is 0 Å². The number of nitrogens with zero attached hydrogens (tertiary/aromatic N) is 2. The van der Waals surface area contributed by atoms with Crippen molar-refractivity contribution < 1.29 is 9.90 Å². The van der Waals surface area contributed by atoms with Gasteiger partial charge in [-0.3, -0.25) is 9.97 Å². The fourth-order valence-electron chi connectivity index (χ4n) is 1.56. The first-order valence-corrected chi connectivity index (χ1v) is 4.56. The van der Waals surface area contributed by atoms with Crippen molar-refractivity contribution in [3.63, 3.8) is 0 Å². The number of hydrogen-bond acceptors (Lipinski definition) is 3. The molecular weight excluding hydrogens is 192 g/mol. The standard InChI is InChI=1S/C11H10N2O2/c1-6-7(2)13-8-4-3-5-12-10(8)9(6)11(14)15/h3-5H,1-2H3,(H,14,15). The van der Waals surface area contributed by atoms with E-state index in [0.717, 1.165) is 5.69 Å². The third kappa shape index (κ3) is 1.44. The summed E-state index contributed by atoms with van der Waals surface area (Å²) in [4.78, 5) is 19.5. The summed E-state index contributed by atoms with van der Waals surface area (Å²) in [6.45, 7) is 3.55. The molecule has 0 atom stereocenters. The Bertz CT molecular complexity index is 550. The van der Waals surface area contributed by atoms with Crippen molar-refractivity contribution in [2.75, 3.05) is 0 Å². The predicted octanol–water partition coefficient (Wildman–Crippen LogP) is 1.94. The molecule has 2 aromatic heterocycles. The highest BCUT2D eigenvalue weighted by molar-refractivity contribution is 6.02. The zero-order chi connectivity index (χ0) is 11.0. The van der Waals surface area contributed by atoms with Gasteiger partial charge in [-0.25, -0.2) is 4.79 Å². The number of hydrogen-bond donors (Lipinski definition) is 1. The van der Waals surface area contributed by atoms with E-state index in [1.807, 2.05) is 0 Å². The zero-order valence-electron chi connectivity index (χ0n) is 8.48. The lowest BCUT2D eigenvalue weighted by atomic mass is 10.1. The molecule has 0 fully saturated rings. The molecule has 0 bridgehead atoms. The molecule has 0 aliphatic rings. The first-order valence-electron chi connectivity index (χ1n) is 4.56. The summed E-state index contributed by atoms with van der Waals surface area (Å²) in [5.41, 5.74) is 2.73. The van der Waals surface area contributed by atoms with E-state index in [2.05, 4.69) is 9.97 Å². The van der Waals surface area contributed by atoms with Crippen molar-refractivity contribution in [1.29, 1.82) is 0 Å². The molecule has 0 amide bonds.